The highest BCUT2D eigenvalue weighted by Gasteiger charge is 2.77. The van der Waals surface area contributed by atoms with E-state index in [1.54, 1.807) is 5.57 Å². The highest BCUT2D eigenvalue weighted by molar-refractivity contribution is 5.35. The van der Waals surface area contributed by atoms with Crippen molar-refractivity contribution in [2.45, 2.75) is 82.8 Å². The van der Waals surface area contributed by atoms with Crippen molar-refractivity contribution in [2.24, 2.45) is 39.7 Å². The first kappa shape index (κ1) is 16.9. The Morgan fingerprint density at radius 1 is 1.15 bits per heavy atom. The van der Waals surface area contributed by atoms with Crippen molar-refractivity contribution >= 4 is 0 Å². The molecule has 0 amide bonds. The quantitative estimate of drug-likeness (QED) is 0.457. The first-order valence-electron chi connectivity index (χ1n) is 11.5. The first-order chi connectivity index (χ1) is 13.2. The van der Waals surface area contributed by atoms with Crippen LogP contribution in [0.1, 0.15) is 71.1 Å². The molecule has 0 saturated heterocycles. The zero-order valence-electron chi connectivity index (χ0n) is 16.7. The minimum Gasteiger partial charge on any atom is -0.366 e. The second kappa shape index (κ2) is 5.55. The summed E-state index contributed by atoms with van der Waals surface area (Å²) in [6.07, 6.45) is 20.0. The van der Waals surface area contributed by atoms with Crippen molar-refractivity contribution in [1.29, 1.82) is 0 Å². The normalized spacial score (nSPS) is 51.6. The minimum absolute atomic E-state index is 0.0485. The summed E-state index contributed by atoms with van der Waals surface area (Å²) in [5, 5.41) is 3.34. The molecule has 0 aromatic rings. The van der Waals surface area contributed by atoms with E-state index in [0.29, 0.717) is 10.8 Å². The molecule has 2 spiro atoms. The molecule has 3 nitrogen and oxygen atoms in total. The number of hydrogen-bond donors (Lipinski definition) is 0. The molecule has 3 heteroatoms. The van der Waals surface area contributed by atoms with Crippen LogP contribution in [0.15, 0.2) is 29.0 Å². The Morgan fingerprint density at radius 3 is 2.74 bits per heavy atom. The van der Waals surface area contributed by atoms with Crippen LogP contribution in [0.3, 0.4) is 0 Å². The molecule has 0 bridgehead atoms. The van der Waals surface area contributed by atoms with Crippen LogP contribution < -0.4 is 0 Å². The van der Waals surface area contributed by atoms with Gasteiger partial charge in [-0.15, -0.1) is 0 Å². The van der Waals surface area contributed by atoms with Crippen LogP contribution in [0.4, 0.5) is 0 Å². The van der Waals surface area contributed by atoms with Gasteiger partial charge < -0.3 is 4.74 Å². The maximum atomic E-state index is 11.1. The summed E-state index contributed by atoms with van der Waals surface area (Å²) in [7, 11) is 0. The number of nitroso groups, excluding NO2 is 1. The lowest BCUT2D eigenvalue weighted by Crippen LogP contribution is -2.55. The highest BCUT2D eigenvalue weighted by atomic mass is 16.5. The predicted octanol–water partition coefficient (Wildman–Crippen LogP) is 5.80. The number of allylic oxidation sites excluding steroid dienone is 1. The van der Waals surface area contributed by atoms with Crippen molar-refractivity contribution in [3.63, 3.8) is 0 Å². The second-order valence-electron chi connectivity index (χ2n) is 10.6. The molecule has 5 unspecified atom stereocenters. The van der Waals surface area contributed by atoms with E-state index in [9.17, 15) is 4.91 Å². The lowest BCUT2D eigenvalue weighted by atomic mass is 9.49. The zero-order valence-corrected chi connectivity index (χ0v) is 16.7. The van der Waals surface area contributed by atoms with Crippen molar-refractivity contribution in [3.8, 4) is 0 Å². The van der Waals surface area contributed by atoms with E-state index >= 15 is 0 Å². The fraction of sp³-hybridized carbons (Fsp3) is 0.833. The average Bonchev–Trinajstić information content (AvgIpc) is 3.24. The molecule has 0 aromatic carbocycles. The third-order valence-electron chi connectivity index (χ3n) is 10.2. The third kappa shape index (κ3) is 1.93. The Hall–Kier alpha value is -0.960. The van der Waals surface area contributed by atoms with E-state index in [0.717, 1.165) is 36.7 Å². The van der Waals surface area contributed by atoms with Gasteiger partial charge in [0.05, 0.1) is 12.2 Å². The average molecular weight is 368 g/mol. The maximum Gasteiger partial charge on any atom is 0.110 e. The smallest absolute Gasteiger partial charge is 0.110 e. The lowest BCUT2D eigenvalue weighted by molar-refractivity contribution is -0.139. The van der Waals surface area contributed by atoms with Gasteiger partial charge in [0.15, 0.2) is 0 Å². The monoisotopic (exact) mass is 367 g/mol. The topological polar surface area (TPSA) is 38.7 Å². The van der Waals surface area contributed by atoms with Gasteiger partial charge >= 0.3 is 0 Å². The summed E-state index contributed by atoms with van der Waals surface area (Å²) >= 11 is 0. The highest BCUT2D eigenvalue weighted by Crippen LogP contribution is 2.79. The molecule has 6 rings (SSSR count). The molecule has 146 valence electrons. The van der Waals surface area contributed by atoms with E-state index in [1.165, 1.54) is 57.8 Å². The predicted molar refractivity (Wildman–Crippen MR) is 106 cm³/mol. The standard InChI is InChI=1S/C24H33NO2/c1-2-23-10-8-19-18-7-5-17(25-26)14-16(18)4-6-20(19)21(23)15-22(11-12-22)24(23)9-3-13-27-24/h3,9,14,17-21H,2,4-8,10-13,15H2,1H3/t17?,18?,19?,20?,21?,23-,24-/m0/s1. The molecule has 7 atom stereocenters. The zero-order chi connectivity index (χ0) is 18.3. The van der Waals surface area contributed by atoms with E-state index in [2.05, 4.69) is 30.3 Å². The molecule has 0 N–H and O–H groups in total. The summed E-state index contributed by atoms with van der Waals surface area (Å²) < 4.78 is 6.69. The molecule has 4 saturated carbocycles. The largest absolute Gasteiger partial charge is 0.366 e. The minimum atomic E-state index is -0.0485. The number of rotatable bonds is 2. The van der Waals surface area contributed by atoms with Crippen LogP contribution in [0.2, 0.25) is 0 Å². The van der Waals surface area contributed by atoms with Gasteiger partial charge in [0.1, 0.15) is 6.04 Å². The van der Waals surface area contributed by atoms with Gasteiger partial charge in [-0.1, -0.05) is 35.9 Å². The second-order valence-corrected chi connectivity index (χ2v) is 10.6. The summed E-state index contributed by atoms with van der Waals surface area (Å²) in [5.74, 6) is 3.30. The van der Waals surface area contributed by atoms with E-state index in [-0.39, 0.29) is 11.6 Å². The Labute approximate surface area is 163 Å². The summed E-state index contributed by atoms with van der Waals surface area (Å²) in [5.41, 5.74) is 2.48. The van der Waals surface area contributed by atoms with Crippen molar-refractivity contribution in [2.75, 3.05) is 6.61 Å². The maximum absolute atomic E-state index is 11.1. The van der Waals surface area contributed by atoms with Crippen LogP contribution in [0.25, 0.3) is 0 Å². The summed E-state index contributed by atoms with van der Waals surface area (Å²) in [4.78, 5) is 11.1. The van der Waals surface area contributed by atoms with Crippen molar-refractivity contribution < 1.29 is 4.74 Å². The van der Waals surface area contributed by atoms with E-state index < -0.39 is 0 Å². The Kier molecular flexibility index (Phi) is 3.49. The van der Waals surface area contributed by atoms with Gasteiger partial charge in [-0.05, 0) is 87.9 Å². The third-order valence-corrected chi connectivity index (χ3v) is 10.2. The summed E-state index contributed by atoms with van der Waals surface area (Å²) in [6, 6.07) is -0.0485. The molecule has 1 heterocycles. The molecule has 0 radical (unpaired) electrons. The molecule has 5 aliphatic carbocycles. The number of ether oxygens (including phenoxy) is 1. The fourth-order valence-corrected chi connectivity index (χ4v) is 9.03. The molecular formula is C24H33NO2. The van der Waals surface area contributed by atoms with E-state index in [4.69, 9.17) is 4.74 Å². The summed E-state index contributed by atoms with van der Waals surface area (Å²) in [6.45, 7) is 3.28. The van der Waals surface area contributed by atoms with Crippen molar-refractivity contribution in [3.05, 3.63) is 28.7 Å². The fourth-order valence-electron chi connectivity index (χ4n) is 9.03. The molecule has 0 aromatic heterocycles. The molecule has 6 aliphatic rings. The molecular weight excluding hydrogens is 334 g/mol. The van der Waals surface area contributed by atoms with Crippen LogP contribution in [-0.4, -0.2) is 18.2 Å². The Balaban J connectivity index is 1.37. The van der Waals surface area contributed by atoms with Gasteiger partial charge in [0, 0.05) is 10.8 Å². The van der Waals surface area contributed by atoms with Gasteiger partial charge in [0.2, 0.25) is 0 Å². The van der Waals surface area contributed by atoms with Crippen LogP contribution in [0, 0.1) is 39.4 Å². The van der Waals surface area contributed by atoms with Gasteiger partial charge in [-0.2, -0.15) is 4.91 Å². The lowest BCUT2D eigenvalue weighted by Gasteiger charge is -2.57. The Bertz CT molecular complexity index is 722. The van der Waals surface area contributed by atoms with Crippen LogP contribution >= 0.6 is 0 Å². The van der Waals surface area contributed by atoms with Gasteiger partial charge in [-0.3, -0.25) is 0 Å². The Morgan fingerprint density at radius 2 is 2.04 bits per heavy atom. The first-order valence-corrected chi connectivity index (χ1v) is 11.5. The van der Waals surface area contributed by atoms with Crippen molar-refractivity contribution in [1.82, 2.24) is 0 Å². The number of hydrogen-bond acceptors (Lipinski definition) is 3. The molecule has 4 fully saturated rings. The number of nitrogens with zero attached hydrogens (tertiary/aromatic N) is 1. The van der Waals surface area contributed by atoms with Gasteiger partial charge in [-0.25, -0.2) is 0 Å². The molecule has 27 heavy (non-hydrogen) atoms. The molecule has 1 aliphatic heterocycles. The van der Waals surface area contributed by atoms with Gasteiger partial charge in [0.25, 0.3) is 0 Å². The van der Waals surface area contributed by atoms with E-state index in [1.807, 2.05) is 0 Å². The van der Waals surface area contributed by atoms with Crippen LogP contribution in [0.5, 0.6) is 0 Å². The number of fused-ring (bicyclic) bond motifs is 7. The SMILES string of the molecule is CC[C@]12CCC3C4CCC(N=O)C=C4CCC3C1CC1(CC1)[C@@]21C=CCO1. The van der Waals surface area contributed by atoms with Crippen LogP contribution in [-0.2, 0) is 4.74 Å².